The van der Waals surface area contributed by atoms with Crippen molar-refractivity contribution >= 4 is 22.6 Å². The van der Waals surface area contributed by atoms with E-state index < -0.39 is 0 Å². The van der Waals surface area contributed by atoms with E-state index >= 15 is 0 Å². The van der Waals surface area contributed by atoms with Gasteiger partial charge < -0.3 is 4.74 Å². The summed E-state index contributed by atoms with van der Waals surface area (Å²) in [5.41, 5.74) is 0.0206. The van der Waals surface area contributed by atoms with Crippen LogP contribution in [-0.2, 0) is 0 Å². The Morgan fingerprint density at radius 2 is 2.00 bits per heavy atom. The van der Waals surface area contributed by atoms with Gasteiger partial charge in [0.1, 0.15) is 5.60 Å². The molecule has 0 amide bonds. The van der Waals surface area contributed by atoms with Gasteiger partial charge in [-0.25, -0.2) is 9.97 Å². The summed E-state index contributed by atoms with van der Waals surface area (Å²) in [5, 5.41) is 0. The summed E-state index contributed by atoms with van der Waals surface area (Å²) in [4.78, 5) is 8.13. The predicted octanol–water partition coefficient (Wildman–Crippen LogP) is 2.01. The molecule has 2 rings (SSSR count). The molecule has 64 valence electrons. The Labute approximate surface area is 84.7 Å². The largest absolute Gasteiger partial charge is 0.457 e. The van der Waals surface area contributed by atoms with Crippen LogP contribution in [0.4, 0.5) is 0 Å². The number of hydrogen-bond acceptors (Lipinski definition) is 3. The van der Waals surface area contributed by atoms with Gasteiger partial charge in [0.15, 0.2) is 0 Å². The molecule has 0 radical (unpaired) electrons. The first-order valence-corrected chi connectivity index (χ1v) is 4.92. The smallest absolute Gasteiger partial charge is 0.316 e. The van der Waals surface area contributed by atoms with Gasteiger partial charge in [-0.1, -0.05) is 0 Å². The maximum absolute atomic E-state index is 5.54. The number of halogens is 1. The van der Waals surface area contributed by atoms with Crippen LogP contribution in [0, 0.1) is 3.57 Å². The van der Waals surface area contributed by atoms with E-state index in [4.69, 9.17) is 4.74 Å². The Bertz CT molecular complexity index is 282. The van der Waals surface area contributed by atoms with Crippen LogP contribution in [0.25, 0.3) is 0 Å². The third-order valence-electron chi connectivity index (χ3n) is 1.89. The summed E-state index contributed by atoms with van der Waals surface area (Å²) >= 11 is 2.17. The first-order valence-electron chi connectivity index (χ1n) is 3.85. The number of hydrogen-bond donors (Lipinski definition) is 0. The minimum Gasteiger partial charge on any atom is -0.457 e. The molecule has 4 heteroatoms. The first kappa shape index (κ1) is 8.22. The quantitative estimate of drug-likeness (QED) is 0.775. The van der Waals surface area contributed by atoms with Crippen LogP contribution in [0.5, 0.6) is 6.01 Å². The molecule has 1 aliphatic rings. The van der Waals surface area contributed by atoms with E-state index in [1.807, 2.05) is 0 Å². The van der Waals surface area contributed by atoms with Crippen LogP contribution >= 0.6 is 22.6 Å². The lowest BCUT2D eigenvalue weighted by Crippen LogP contribution is -2.13. The van der Waals surface area contributed by atoms with Crippen molar-refractivity contribution in [3.63, 3.8) is 0 Å². The molecule has 0 N–H and O–H groups in total. The molecule has 0 aromatic carbocycles. The van der Waals surface area contributed by atoms with Crippen LogP contribution in [0.1, 0.15) is 19.8 Å². The molecule has 1 aliphatic carbocycles. The highest BCUT2D eigenvalue weighted by Crippen LogP contribution is 2.38. The lowest BCUT2D eigenvalue weighted by Gasteiger charge is -2.09. The molecule has 1 fully saturated rings. The maximum atomic E-state index is 5.54. The average Bonchev–Trinajstić information content (AvgIpc) is 2.74. The molecule has 1 aromatic heterocycles. The second kappa shape index (κ2) is 2.83. The zero-order valence-corrected chi connectivity index (χ0v) is 8.91. The van der Waals surface area contributed by atoms with E-state index in [9.17, 15) is 0 Å². The number of ether oxygens (including phenoxy) is 1. The topological polar surface area (TPSA) is 35.0 Å². The molecule has 1 saturated carbocycles. The molecular weight excluding hydrogens is 267 g/mol. The predicted molar refractivity (Wildman–Crippen MR) is 53.0 cm³/mol. The van der Waals surface area contributed by atoms with E-state index in [-0.39, 0.29) is 5.60 Å². The number of rotatable bonds is 2. The normalized spacial score (nSPS) is 18.8. The van der Waals surface area contributed by atoms with Crippen LogP contribution in [0.3, 0.4) is 0 Å². The van der Waals surface area contributed by atoms with Gasteiger partial charge in [0.25, 0.3) is 0 Å². The second-order valence-corrected chi connectivity index (χ2v) is 4.48. The van der Waals surface area contributed by atoms with Crippen molar-refractivity contribution in [3.8, 4) is 6.01 Å². The van der Waals surface area contributed by atoms with Crippen molar-refractivity contribution in [1.82, 2.24) is 9.97 Å². The van der Waals surface area contributed by atoms with Gasteiger partial charge in [-0.15, -0.1) is 0 Å². The molecule has 3 nitrogen and oxygen atoms in total. The number of aromatic nitrogens is 2. The van der Waals surface area contributed by atoms with Gasteiger partial charge in [0, 0.05) is 16.0 Å². The Balaban J connectivity index is 2.08. The molecule has 0 spiro atoms. The zero-order chi connectivity index (χ0) is 8.60. The molecule has 0 bridgehead atoms. The van der Waals surface area contributed by atoms with Crippen molar-refractivity contribution < 1.29 is 4.74 Å². The highest BCUT2D eigenvalue weighted by molar-refractivity contribution is 14.1. The molecule has 12 heavy (non-hydrogen) atoms. The third kappa shape index (κ3) is 1.85. The summed E-state index contributed by atoms with van der Waals surface area (Å²) in [7, 11) is 0. The van der Waals surface area contributed by atoms with Crippen LogP contribution in [0.15, 0.2) is 12.4 Å². The van der Waals surface area contributed by atoms with Gasteiger partial charge in [-0.3, -0.25) is 0 Å². The van der Waals surface area contributed by atoms with Gasteiger partial charge >= 0.3 is 6.01 Å². The molecule has 0 atom stereocenters. The van der Waals surface area contributed by atoms with Gasteiger partial charge in [-0.05, 0) is 42.4 Å². The summed E-state index contributed by atoms with van der Waals surface area (Å²) < 4.78 is 6.57. The fourth-order valence-electron chi connectivity index (χ4n) is 0.852. The van der Waals surface area contributed by atoms with Crippen LogP contribution in [0.2, 0.25) is 0 Å². The van der Waals surface area contributed by atoms with Crippen molar-refractivity contribution in [2.24, 2.45) is 0 Å². The maximum Gasteiger partial charge on any atom is 0.316 e. The molecule has 1 heterocycles. The minimum absolute atomic E-state index is 0.0206. The standard InChI is InChI=1S/C8H9IN2O/c1-8(2-3-8)12-7-10-4-6(9)5-11-7/h4-5H,2-3H2,1H3. The van der Waals surface area contributed by atoms with Crippen molar-refractivity contribution in [2.75, 3.05) is 0 Å². The third-order valence-corrected chi connectivity index (χ3v) is 2.45. The first-order chi connectivity index (χ1) is 5.68. The number of nitrogens with zero attached hydrogens (tertiary/aromatic N) is 2. The Kier molecular flexibility index (Phi) is 1.94. The SMILES string of the molecule is CC1(Oc2ncc(I)cn2)CC1. The lowest BCUT2D eigenvalue weighted by atomic mass is 10.4. The lowest BCUT2D eigenvalue weighted by molar-refractivity contribution is 0.182. The summed E-state index contributed by atoms with van der Waals surface area (Å²) in [6.07, 6.45) is 5.74. The van der Waals surface area contributed by atoms with E-state index in [1.54, 1.807) is 12.4 Å². The van der Waals surface area contributed by atoms with Crippen molar-refractivity contribution in [3.05, 3.63) is 16.0 Å². The fraction of sp³-hybridized carbons (Fsp3) is 0.500. The van der Waals surface area contributed by atoms with Gasteiger partial charge in [-0.2, -0.15) is 0 Å². The summed E-state index contributed by atoms with van der Waals surface area (Å²) in [6, 6.07) is 0.496. The van der Waals surface area contributed by atoms with Crippen LogP contribution < -0.4 is 4.74 Å². The van der Waals surface area contributed by atoms with Gasteiger partial charge in [0.2, 0.25) is 0 Å². The van der Waals surface area contributed by atoms with E-state index in [0.717, 1.165) is 16.4 Å². The van der Waals surface area contributed by atoms with Gasteiger partial charge in [0.05, 0.1) is 0 Å². The molecule has 0 aliphatic heterocycles. The van der Waals surface area contributed by atoms with Crippen LogP contribution in [-0.4, -0.2) is 15.6 Å². The van der Waals surface area contributed by atoms with E-state index in [1.165, 1.54) is 0 Å². The van der Waals surface area contributed by atoms with Crippen molar-refractivity contribution in [2.45, 2.75) is 25.4 Å². The zero-order valence-electron chi connectivity index (χ0n) is 6.75. The average molecular weight is 276 g/mol. The monoisotopic (exact) mass is 276 g/mol. The Morgan fingerprint density at radius 1 is 1.42 bits per heavy atom. The highest BCUT2D eigenvalue weighted by Gasteiger charge is 2.40. The summed E-state index contributed by atoms with van der Waals surface area (Å²) in [5.74, 6) is 0. The fourth-order valence-corrected chi connectivity index (χ4v) is 1.13. The van der Waals surface area contributed by atoms with E-state index in [2.05, 4.69) is 39.5 Å². The van der Waals surface area contributed by atoms with E-state index in [0.29, 0.717) is 6.01 Å². The molecular formula is C8H9IN2O. The molecule has 1 aromatic rings. The second-order valence-electron chi connectivity index (χ2n) is 3.24. The molecule has 0 saturated heterocycles. The van der Waals surface area contributed by atoms with Crippen molar-refractivity contribution in [1.29, 1.82) is 0 Å². The Hall–Kier alpha value is -0.390. The molecule has 0 unspecified atom stereocenters. The Morgan fingerprint density at radius 3 is 2.50 bits per heavy atom. The highest BCUT2D eigenvalue weighted by atomic mass is 127. The summed E-state index contributed by atoms with van der Waals surface area (Å²) in [6.45, 7) is 2.08. The minimum atomic E-state index is 0.0206.